The summed E-state index contributed by atoms with van der Waals surface area (Å²) in [6.45, 7) is 8.36. The Morgan fingerprint density at radius 2 is 2.13 bits per heavy atom. The van der Waals surface area contributed by atoms with E-state index in [4.69, 9.17) is 0 Å². The highest BCUT2D eigenvalue weighted by Crippen LogP contribution is 2.19. The zero-order valence-corrected chi connectivity index (χ0v) is 15.3. The van der Waals surface area contributed by atoms with Gasteiger partial charge >= 0.3 is 0 Å². The van der Waals surface area contributed by atoms with Crippen molar-refractivity contribution in [3.8, 4) is 0 Å². The van der Waals surface area contributed by atoms with E-state index in [1.165, 1.54) is 6.42 Å². The average Bonchev–Trinajstić information content (AvgIpc) is 3.06. The van der Waals surface area contributed by atoms with Crippen LogP contribution in [0.5, 0.6) is 0 Å². The predicted molar refractivity (Wildman–Crippen MR) is 94.6 cm³/mol. The topological polar surface area (TPSA) is 61.4 Å². The SMILES string of the molecule is CCC(C)C(=O)N1CCCC(C(=O)NCCC2CCNC2)C1.Cl. The zero-order chi connectivity index (χ0) is 15.9. The van der Waals surface area contributed by atoms with E-state index >= 15 is 0 Å². The second kappa shape index (κ2) is 10.1. The lowest BCUT2D eigenvalue weighted by molar-refractivity contribution is -0.138. The van der Waals surface area contributed by atoms with Crippen LogP contribution in [0.4, 0.5) is 0 Å². The third-order valence-corrected chi connectivity index (χ3v) is 5.15. The van der Waals surface area contributed by atoms with Gasteiger partial charge in [0.25, 0.3) is 0 Å². The molecule has 0 spiro atoms. The number of rotatable bonds is 6. The smallest absolute Gasteiger partial charge is 0.225 e. The van der Waals surface area contributed by atoms with Gasteiger partial charge in [-0.1, -0.05) is 13.8 Å². The summed E-state index contributed by atoms with van der Waals surface area (Å²) in [5.74, 6) is 1.08. The fraction of sp³-hybridized carbons (Fsp3) is 0.882. The molecule has 5 nitrogen and oxygen atoms in total. The molecule has 3 unspecified atom stereocenters. The van der Waals surface area contributed by atoms with Crippen LogP contribution in [0.2, 0.25) is 0 Å². The molecule has 0 aliphatic carbocycles. The molecule has 6 heteroatoms. The van der Waals surface area contributed by atoms with Crippen LogP contribution in [-0.2, 0) is 9.59 Å². The molecule has 0 bridgehead atoms. The van der Waals surface area contributed by atoms with Gasteiger partial charge < -0.3 is 15.5 Å². The van der Waals surface area contributed by atoms with Crippen molar-refractivity contribution < 1.29 is 9.59 Å². The molecule has 2 aliphatic rings. The van der Waals surface area contributed by atoms with Crippen molar-refractivity contribution in [2.75, 3.05) is 32.7 Å². The Morgan fingerprint density at radius 1 is 1.35 bits per heavy atom. The summed E-state index contributed by atoms with van der Waals surface area (Å²) in [5.41, 5.74) is 0. The van der Waals surface area contributed by atoms with E-state index in [9.17, 15) is 9.59 Å². The van der Waals surface area contributed by atoms with Crippen LogP contribution in [0.25, 0.3) is 0 Å². The number of hydrogen-bond acceptors (Lipinski definition) is 3. The van der Waals surface area contributed by atoms with Crippen LogP contribution in [0.1, 0.15) is 46.0 Å². The molecule has 0 radical (unpaired) electrons. The summed E-state index contributed by atoms with van der Waals surface area (Å²) in [4.78, 5) is 26.5. The first-order valence-corrected chi connectivity index (χ1v) is 8.89. The van der Waals surface area contributed by atoms with Crippen LogP contribution < -0.4 is 10.6 Å². The quantitative estimate of drug-likeness (QED) is 0.771. The Labute approximate surface area is 146 Å². The van der Waals surface area contributed by atoms with Crippen molar-refractivity contribution in [3.63, 3.8) is 0 Å². The van der Waals surface area contributed by atoms with Crippen molar-refractivity contribution in [3.05, 3.63) is 0 Å². The van der Waals surface area contributed by atoms with Gasteiger partial charge in [-0.3, -0.25) is 9.59 Å². The highest BCUT2D eigenvalue weighted by Gasteiger charge is 2.29. The van der Waals surface area contributed by atoms with Crippen LogP contribution in [-0.4, -0.2) is 49.4 Å². The van der Waals surface area contributed by atoms with E-state index in [1.807, 2.05) is 18.7 Å². The van der Waals surface area contributed by atoms with Gasteiger partial charge in [0.1, 0.15) is 0 Å². The maximum atomic E-state index is 12.3. The molecule has 2 N–H and O–H groups in total. The molecule has 0 aromatic carbocycles. The average molecular weight is 346 g/mol. The highest BCUT2D eigenvalue weighted by molar-refractivity contribution is 5.85. The molecule has 2 fully saturated rings. The van der Waals surface area contributed by atoms with Gasteiger partial charge in [-0.05, 0) is 51.1 Å². The minimum atomic E-state index is -0.0246. The van der Waals surface area contributed by atoms with E-state index in [0.29, 0.717) is 12.5 Å². The van der Waals surface area contributed by atoms with Crippen LogP contribution in [0.3, 0.4) is 0 Å². The van der Waals surface area contributed by atoms with E-state index in [0.717, 1.165) is 51.9 Å². The summed E-state index contributed by atoms with van der Waals surface area (Å²) in [5, 5.41) is 6.43. The van der Waals surface area contributed by atoms with Crippen LogP contribution >= 0.6 is 12.4 Å². The van der Waals surface area contributed by atoms with Crippen molar-refractivity contribution in [1.82, 2.24) is 15.5 Å². The normalized spacial score (nSPS) is 25.6. The molecule has 2 heterocycles. The number of amides is 2. The minimum absolute atomic E-state index is 0. The molecular weight excluding hydrogens is 314 g/mol. The standard InChI is InChI=1S/C17H31N3O2.ClH/c1-3-13(2)17(22)20-10-4-5-15(12-20)16(21)19-9-7-14-6-8-18-11-14;/h13-15,18H,3-12H2,1-2H3,(H,19,21);1H. The molecule has 3 atom stereocenters. The monoisotopic (exact) mass is 345 g/mol. The summed E-state index contributed by atoms with van der Waals surface area (Å²) in [6, 6.07) is 0. The number of halogens is 1. The molecule has 0 aromatic heterocycles. The van der Waals surface area contributed by atoms with E-state index in [2.05, 4.69) is 10.6 Å². The number of hydrogen-bond donors (Lipinski definition) is 2. The lowest BCUT2D eigenvalue weighted by atomic mass is 9.95. The van der Waals surface area contributed by atoms with Crippen molar-refractivity contribution in [1.29, 1.82) is 0 Å². The largest absolute Gasteiger partial charge is 0.356 e. The zero-order valence-electron chi connectivity index (χ0n) is 14.5. The fourth-order valence-corrected chi connectivity index (χ4v) is 3.38. The Bertz CT molecular complexity index is 386. The number of piperidine rings is 1. The minimum Gasteiger partial charge on any atom is -0.356 e. The first-order chi connectivity index (χ1) is 10.6. The molecule has 2 rings (SSSR count). The third-order valence-electron chi connectivity index (χ3n) is 5.15. The summed E-state index contributed by atoms with van der Waals surface area (Å²) in [7, 11) is 0. The van der Waals surface area contributed by atoms with Crippen molar-refractivity contribution in [2.45, 2.75) is 46.0 Å². The van der Waals surface area contributed by atoms with Crippen molar-refractivity contribution in [2.24, 2.45) is 17.8 Å². The lowest BCUT2D eigenvalue weighted by Crippen LogP contribution is -2.47. The third kappa shape index (κ3) is 5.96. The van der Waals surface area contributed by atoms with Gasteiger partial charge in [0.15, 0.2) is 0 Å². The van der Waals surface area contributed by atoms with Gasteiger partial charge in [0.2, 0.25) is 11.8 Å². The van der Waals surface area contributed by atoms with Crippen molar-refractivity contribution >= 4 is 24.2 Å². The number of likely N-dealkylation sites (tertiary alicyclic amines) is 1. The number of carbonyl (C=O) groups is 2. The Morgan fingerprint density at radius 3 is 2.78 bits per heavy atom. The van der Waals surface area contributed by atoms with Gasteiger partial charge in [-0.15, -0.1) is 12.4 Å². The van der Waals surface area contributed by atoms with Crippen LogP contribution in [0, 0.1) is 17.8 Å². The Balaban J connectivity index is 0.00000264. The Kier molecular flexibility index (Phi) is 8.92. The number of carbonyl (C=O) groups excluding carboxylic acids is 2. The highest BCUT2D eigenvalue weighted by atomic mass is 35.5. The molecule has 0 aromatic rings. The molecule has 2 aliphatic heterocycles. The van der Waals surface area contributed by atoms with Gasteiger partial charge in [0.05, 0.1) is 5.92 Å². The number of nitrogens with zero attached hydrogens (tertiary/aromatic N) is 1. The fourth-order valence-electron chi connectivity index (χ4n) is 3.38. The summed E-state index contributed by atoms with van der Waals surface area (Å²) < 4.78 is 0. The predicted octanol–water partition coefficient (Wildman–Crippen LogP) is 1.81. The van der Waals surface area contributed by atoms with Gasteiger partial charge in [-0.25, -0.2) is 0 Å². The van der Waals surface area contributed by atoms with E-state index < -0.39 is 0 Å². The molecule has 0 saturated carbocycles. The lowest BCUT2D eigenvalue weighted by Gasteiger charge is -2.33. The maximum absolute atomic E-state index is 12.3. The van der Waals surface area contributed by atoms with Crippen LogP contribution in [0.15, 0.2) is 0 Å². The Hall–Kier alpha value is -0.810. The second-order valence-corrected chi connectivity index (χ2v) is 6.87. The molecule has 23 heavy (non-hydrogen) atoms. The molecular formula is C17H32ClN3O2. The summed E-state index contributed by atoms with van der Waals surface area (Å²) >= 11 is 0. The first kappa shape index (κ1) is 20.2. The van der Waals surface area contributed by atoms with Gasteiger partial charge in [0, 0.05) is 25.6 Å². The summed E-state index contributed by atoms with van der Waals surface area (Å²) in [6.07, 6.45) is 4.98. The maximum Gasteiger partial charge on any atom is 0.225 e. The van der Waals surface area contributed by atoms with E-state index in [-0.39, 0.29) is 36.1 Å². The number of nitrogens with one attached hydrogen (secondary N) is 2. The molecule has 2 saturated heterocycles. The molecule has 134 valence electrons. The van der Waals surface area contributed by atoms with E-state index in [1.54, 1.807) is 0 Å². The first-order valence-electron chi connectivity index (χ1n) is 8.89. The van der Waals surface area contributed by atoms with Gasteiger partial charge in [-0.2, -0.15) is 0 Å². The second-order valence-electron chi connectivity index (χ2n) is 6.87. The molecule has 2 amide bonds.